The summed E-state index contributed by atoms with van der Waals surface area (Å²) in [5, 5.41) is 9.16. The van der Waals surface area contributed by atoms with Gasteiger partial charge in [0.05, 0.1) is 11.6 Å². The molecule has 0 unspecified atom stereocenters. The molecule has 0 saturated carbocycles. The van der Waals surface area contributed by atoms with Crippen molar-refractivity contribution < 1.29 is 21.9 Å². The van der Waals surface area contributed by atoms with Crippen molar-refractivity contribution in [3.63, 3.8) is 0 Å². The molecule has 29 heavy (non-hydrogen) atoms. The number of ether oxygens (including phenoxy) is 1. The Hall–Kier alpha value is -2.25. The topological polar surface area (TPSA) is 73.6 Å². The first-order chi connectivity index (χ1) is 13.3. The van der Waals surface area contributed by atoms with Crippen LogP contribution in [0.25, 0.3) is 0 Å². The number of sulfonamides is 1. The maximum Gasteiger partial charge on any atom is 0.246 e. The van der Waals surface area contributed by atoms with Gasteiger partial charge in [0, 0.05) is 25.7 Å². The monoisotopic (exact) mass is 443 g/mol. The lowest BCUT2D eigenvalue weighted by Gasteiger charge is -2.22. The summed E-state index contributed by atoms with van der Waals surface area (Å²) >= 11 is 0. The Morgan fingerprint density at radius 2 is 1.79 bits per heavy atom. The van der Waals surface area contributed by atoms with E-state index in [1.54, 1.807) is 0 Å². The zero-order chi connectivity index (χ0) is 20.3. The second kappa shape index (κ2) is 9.50. The van der Waals surface area contributed by atoms with Crippen LogP contribution in [0.2, 0.25) is 0 Å². The first kappa shape index (κ1) is 23.0. The summed E-state index contributed by atoms with van der Waals surface area (Å²) in [4.78, 5) is 1.78. The van der Waals surface area contributed by atoms with Gasteiger partial charge in [-0.3, -0.25) is 0 Å². The Morgan fingerprint density at radius 1 is 1.03 bits per heavy atom. The maximum absolute atomic E-state index is 14.0. The van der Waals surface area contributed by atoms with Crippen LogP contribution in [0.15, 0.2) is 41.3 Å². The van der Waals surface area contributed by atoms with E-state index >= 15 is 0 Å². The quantitative estimate of drug-likeness (QED) is 0.724. The van der Waals surface area contributed by atoms with E-state index in [0.29, 0.717) is 19.5 Å². The molecule has 0 bridgehead atoms. The molecule has 1 fully saturated rings. The molecule has 0 aromatic heterocycles. The summed E-state index contributed by atoms with van der Waals surface area (Å²) in [6, 6.07) is 8.39. The minimum Gasteiger partial charge on any atom is -0.453 e. The molecular weight excluding hydrogens is 424 g/mol. The third-order valence-corrected chi connectivity index (χ3v) is 6.40. The Kier molecular flexibility index (Phi) is 7.54. The van der Waals surface area contributed by atoms with Crippen LogP contribution in [0.4, 0.5) is 8.78 Å². The molecule has 0 atom stereocenters. The zero-order valence-corrected chi connectivity index (χ0v) is 17.3. The van der Waals surface area contributed by atoms with E-state index in [1.165, 1.54) is 22.5 Å². The van der Waals surface area contributed by atoms with E-state index in [1.807, 2.05) is 18.0 Å². The molecule has 1 aliphatic rings. The molecule has 1 heterocycles. The first-order valence-corrected chi connectivity index (χ1v) is 10.1. The molecule has 1 aliphatic heterocycles. The third kappa shape index (κ3) is 5.22. The van der Waals surface area contributed by atoms with E-state index in [0.717, 1.165) is 24.7 Å². The summed E-state index contributed by atoms with van der Waals surface area (Å²) < 4.78 is 60.6. The van der Waals surface area contributed by atoms with E-state index in [2.05, 4.69) is 0 Å². The summed E-state index contributed by atoms with van der Waals surface area (Å²) in [7, 11) is -2.09. The fraction of sp³-hybridized carbons (Fsp3) is 0.316. The van der Waals surface area contributed by atoms with Crippen LogP contribution in [-0.4, -0.2) is 50.8 Å². The predicted octanol–water partition coefficient (Wildman–Crippen LogP) is 3.38. The molecular formula is C19H20ClF2N3O3S. The number of rotatable bonds is 4. The van der Waals surface area contributed by atoms with Crippen molar-refractivity contribution in [3.8, 4) is 17.6 Å². The van der Waals surface area contributed by atoms with Crippen molar-refractivity contribution in [2.75, 3.05) is 33.2 Å². The average Bonchev–Trinajstić information content (AvgIpc) is 2.90. The Balaban J connectivity index is 0.00000300. The lowest BCUT2D eigenvalue weighted by atomic mass is 10.2. The molecule has 1 saturated heterocycles. The molecule has 6 nitrogen and oxygen atoms in total. The molecule has 2 aromatic carbocycles. The maximum atomic E-state index is 14.0. The van der Waals surface area contributed by atoms with Gasteiger partial charge < -0.3 is 9.64 Å². The predicted molar refractivity (Wildman–Crippen MR) is 106 cm³/mol. The molecule has 0 N–H and O–H groups in total. The van der Waals surface area contributed by atoms with Crippen molar-refractivity contribution >= 4 is 22.4 Å². The van der Waals surface area contributed by atoms with Crippen molar-refractivity contribution in [1.82, 2.24) is 9.21 Å². The zero-order valence-electron chi connectivity index (χ0n) is 15.6. The summed E-state index contributed by atoms with van der Waals surface area (Å²) in [5.74, 6) is -2.15. The summed E-state index contributed by atoms with van der Waals surface area (Å²) in [5.41, 5.74) is 0.123. The van der Waals surface area contributed by atoms with E-state index in [4.69, 9.17) is 10.00 Å². The van der Waals surface area contributed by atoms with Gasteiger partial charge in [-0.25, -0.2) is 17.2 Å². The number of benzene rings is 2. The molecule has 156 valence electrons. The fourth-order valence-electron chi connectivity index (χ4n) is 2.94. The number of halogens is 3. The molecule has 3 rings (SSSR count). The van der Waals surface area contributed by atoms with E-state index in [9.17, 15) is 17.2 Å². The van der Waals surface area contributed by atoms with Gasteiger partial charge in [0.2, 0.25) is 10.0 Å². The third-order valence-electron chi connectivity index (χ3n) is 4.48. The van der Waals surface area contributed by atoms with Crippen LogP contribution in [0.5, 0.6) is 11.5 Å². The SMILES string of the molecule is CN1CCCN(S(=O)(=O)c2cc(C#N)ccc2Oc2cc(F)ccc2F)CC1.Cl. The van der Waals surface area contributed by atoms with Gasteiger partial charge in [0.25, 0.3) is 0 Å². The van der Waals surface area contributed by atoms with Gasteiger partial charge in [0.1, 0.15) is 16.5 Å². The number of nitriles is 1. The Labute approximate surface area is 174 Å². The van der Waals surface area contributed by atoms with Crippen molar-refractivity contribution in [1.29, 1.82) is 5.26 Å². The van der Waals surface area contributed by atoms with Crippen LogP contribution in [-0.2, 0) is 10.0 Å². The summed E-state index contributed by atoms with van der Waals surface area (Å²) in [6.07, 6.45) is 0.655. The molecule has 0 radical (unpaired) electrons. The highest BCUT2D eigenvalue weighted by Crippen LogP contribution is 2.33. The molecule has 0 aliphatic carbocycles. The smallest absolute Gasteiger partial charge is 0.246 e. The highest BCUT2D eigenvalue weighted by atomic mass is 35.5. The van der Waals surface area contributed by atoms with Crippen molar-refractivity contribution in [2.24, 2.45) is 0 Å². The molecule has 0 amide bonds. The van der Waals surface area contributed by atoms with E-state index < -0.39 is 27.4 Å². The molecule has 2 aromatic rings. The fourth-order valence-corrected chi connectivity index (χ4v) is 4.55. The van der Waals surface area contributed by atoms with Crippen LogP contribution >= 0.6 is 12.4 Å². The van der Waals surface area contributed by atoms with Crippen molar-refractivity contribution in [2.45, 2.75) is 11.3 Å². The highest BCUT2D eigenvalue weighted by Gasteiger charge is 2.30. The van der Waals surface area contributed by atoms with Crippen LogP contribution < -0.4 is 4.74 Å². The molecule has 0 spiro atoms. The summed E-state index contributed by atoms with van der Waals surface area (Å²) in [6.45, 7) is 1.93. The number of hydrogen-bond donors (Lipinski definition) is 0. The van der Waals surface area contributed by atoms with Crippen molar-refractivity contribution in [3.05, 3.63) is 53.6 Å². The minimum absolute atomic E-state index is 0. The Bertz CT molecular complexity index is 1030. The second-order valence-corrected chi connectivity index (χ2v) is 8.42. The van der Waals surface area contributed by atoms with Gasteiger partial charge in [-0.15, -0.1) is 12.4 Å². The van der Waals surface area contributed by atoms with Gasteiger partial charge in [-0.05, 0) is 50.3 Å². The van der Waals surface area contributed by atoms with Gasteiger partial charge in [-0.2, -0.15) is 9.57 Å². The minimum atomic E-state index is -4.00. The number of likely N-dealkylation sites (N-methyl/N-ethyl adjacent to an activating group) is 1. The number of nitrogens with zero attached hydrogens (tertiary/aromatic N) is 3. The highest BCUT2D eigenvalue weighted by molar-refractivity contribution is 7.89. The normalized spacial score (nSPS) is 15.8. The van der Waals surface area contributed by atoms with Crippen LogP contribution in [0, 0.1) is 23.0 Å². The number of hydrogen-bond acceptors (Lipinski definition) is 5. The Morgan fingerprint density at radius 3 is 2.52 bits per heavy atom. The second-order valence-electron chi connectivity index (χ2n) is 6.51. The standard InChI is InChI=1S/C19H19F2N3O3S.ClH/c1-23-7-2-8-24(10-9-23)28(25,26)19-11-14(13-22)3-6-17(19)27-18-12-15(20)4-5-16(18)21;/h3-6,11-12H,2,7-10H2,1H3;1H. The lowest BCUT2D eigenvalue weighted by Crippen LogP contribution is -2.34. The first-order valence-electron chi connectivity index (χ1n) is 8.67. The van der Waals surface area contributed by atoms with Crippen LogP contribution in [0.3, 0.4) is 0 Å². The lowest BCUT2D eigenvalue weighted by molar-refractivity contribution is 0.346. The average molecular weight is 444 g/mol. The van der Waals surface area contributed by atoms with Gasteiger partial charge in [-0.1, -0.05) is 0 Å². The van der Waals surface area contributed by atoms with Crippen LogP contribution in [0.1, 0.15) is 12.0 Å². The van der Waals surface area contributed by atoms with E-state index in [-0.39, 0.29) is 35.2 Å². The largest absolute Gasteiger partial charge is 0.453 e. The molecule has 10 heteroatoms. The van der Waals surface area contributed by atoms with Gasteiger partial charge in [0.15, 0.2) is 11.6 Å². The van der Waals surface area contributed by atoms with Gasteiger partial charge >= 0.3 is 0 Å².